The molecular weight excluding hydrogens is 298 g/mol. The van der Waals surface area contributed by atoms with Crippen molar-refractivity contribution >= 4 is 11.9 Å². The maximum atomic E-state index is 12.1. The van der Waals surface area contributed by atoms with Crippen molar-refractivity contribution in [2.24, 2.45) is 5.73 Å². The molecule has 1 unspecified atom stereocenters. The van der Waals surface area contributed by atoms with Gasteiger partial charge in [0.25, 0.3) is 0 Å². The van der Waals surface area contributed by atoms with E-state index in [1.807, 2.05) is 0 Å². The second-order valence-corrected chi connectivity index (χ2v) is 4.87. The molecule has 0 saturated carbocycles. The lowest BCUT2D eigenvalue weighted by atomic mass is 10.0. The number of benzene rings is 2. The van der Waals surface area contributed by atoms with E-state index in [9.17, 15) is 9.59 Å². The van der Waals surface area contributed by atoms with E-state index in [0.29, 0.717) is 16.9 Å². The molecule has 0 bridgehead atoms. The molecule has 0 amide bonds. The van der Waals surface area contributed by atoms with E-state index in [1.165, 1.54) is 13.2 Å². The molecule has 0 radical (unpaired) electrons. The minimum atomic E-state index is -0.990. The van der Waals surface area contributed by atoms with Crippen molar-refractivity contribution < 1.29 is 24.2 Å². The number of esters is 1. The third kappa shape index (κ3) is 4.31. The van der Waals surface area contributed by atoms with Gasteiger partial charge in [0.2, 0.25) is 0 Å². The molecule has 0 aliphatic carbocycles. The zero-order valence-corrected chi connectivity index (χ0v) is 12.6. The predicted octanol–water partition coefficient (Wildman–Crippen LogP) is 2.39. The van der Waals surface area contributed by atoms with Crippen molar-refractivity contribution in [3.05, 3.63) is 59.7 Å². The van der Waals surface area contributed by atoms with Gasteiger partial charge in [0.1, 0.15) is 0 Å². The highest BCUT2D eigenvalue weighted by atomic mass is 16.6. The molecule has 0 aromatic heterocycles. The summed E-state index contributed by atoms with van der Waals surface area (Å²) in [5, 5.41) is 8.79. The Labute approximate surface area is 133 Å². The number of aliphatic carboxylic acids is 1. The topological polar surface area (TPSA) is 98.8 Å². The summed E-state index contributed by atoms with van der Waals surface area (Å²) in [6.45, 7) is 0. The zero-order valence-electron chi connectivity index (χ0n) is 12.6. The lowest BCUT2D eigenvalue weighted by molar-refractivity contribution is -0.137. The standard InChI is InChI=1S/C17H17NO5/c1-22-15-9-12(13(18)10-16(19)20)7-8-14(15)23-17(21)11-5-3-2-4-6-11/h2-9,13H,10,18H2,1H3,(H,19,20). The fraction of sp³-hybridized carbons (Fsp3) is 0.176. The van der Waals surface area contributed by atoms with E-state index >= 15 is 0 Å². The van der Waals surface area contributed by atoms with Crippen LogP contribution in [0.5, 0.6) is 11.5 Å². The number of ether oxygens (including phenoxy) is 2. The van der Waals surface area contributed by atoms with Crippen molar-refractivity contribution in [3.8, 4) is 11.5 Å². The summed E-state index contributed by atoms with van der Waals surface area (Å²) in [5.41, 5.74) is 6.82. The second-order valence-electron chi connectivity index (χ2n) is 4.87. The summed E-state index contributed by atoms with van der Waals surface area (Å²) in [4.78, 5) is 22.8. The molecule has 2 rings (SSSR count). The lowest BCUT2D eigenvalue weighted by Gasteiger charge is -2.14. The van der Waals surface area contributed by atoms with E-state index in [-0.39, 0.29) is 12.2 Å². The molecule has 0 heterocycles. The Morgan fingerprint density at radius 1 is 1.13 bits per heavy atom. The van der Waals surface area contributed by atoms with Gasteiger partial charge >= 0.3 is 11.9 Å². The number of carboxylic acids is 1. The second kappa shape index (κ2) is 7.42. The van der Waals surface area contributed by atoms with Gasteiger partial charge in [-0.25, -0.2) is 4.79 Å². The maximum absolute atomic E-state index is 12.1. The highest BCUT2D eigenvalue weighted by Gasteiger charge is 2.16. The van der Waals surface area contributed by atoms with Crippen LogP contribution in [0.15, 0.2) is 48.5 Å². The van der Waals surface area contributed by atoms with Crippen molar-refractivity contribution in [1.29, 1.82) is 0 Å². The SMILES string of the molecule is COc1cc(C(N)CC(=O)O)ccc1OC(=O)c1ccccc1. The molecule has 6 heteroatoms. The van der Waals surface area contributed by atoms with Crippen LogP contribution >= 0.6 is 0 Å². The fourth-order valence-corrected chi connectivity index (χ4v) is 2.04. The zero-order chi connectivity index (χ0) is 16.8. The Morgan fingerprint density at radius 3 is 2.43 bits per heavy atom. The van der Waals surface area contributed by atoms with Crippen molar-refractivity contribution in [1.82, 2.24) is 0 Å². The van der Waals surface area contributed by atoms with Crippen LogP contribution in [0.1, 0.15) is 28.4 Å². The van der Waals surface area contributed by atoms with Crippen LogP contribution < -0.4 is 15.2 Å². The Kier molecular flexibility index (Phi) is 5.32. The highest BCUT2D eigenvalue weighted by Crippen LogP contribution is 2.31. The first kappa shape index (κ1) is 16.5. The Hall–Kier alpha value is -2.86. The minimum absolute atomic E-state index is 0.202. The summed E-state index contributed by atoms with van der Waals surface area (Å²) in [6, 6.07) is 12.6. The van der Waals surface area contributed by atoms with Gasteiger partial charge in [-0.05, 0) is 29.8 Å². The number of nitrogens with two attached hydrogens (primary N) is 1. The number of carbonyl (C=O) groups is 2. The van der Waals surface area contributed by atoms with Crippen LogP contribution in [0, 0.1) is 0 Å². The van der Waals surface area contributed by atoms with Gasteiger partial charge in [0.15, 0.2) is 11.5 Å². The van der Waals surface area contributed by atoms with E-state index in [4.69, 9.17) is 20.3 Å². The molecule has 6 nitrogen and oxygen atoms in total. The van der Waals surface area contributed by atoms with Gasteiger partial charge in [0, 0.05) is 6.04 Å². The molecule has 120 valence electrons. The summed E-state index contributed by atoms with van der Waals surface area (Å²) in [6.07, 6.45) is -0.202. The average Bonchev–Trinajstić information content (AvgIpc) is 2.55. The van der Waals surface area contributed by atoms with Gasteiger partial charge < -0.3 is 20.3 Å². The summed E-state index contributed by atoms with van der Waals surface area (Å²) in [5.74, 6) is -0.942. The van der Waals surface area contributed by atoms with Crippen molar-refractivity contribution in [2.75, 3.05) is 7.11 Å². The minimum Gasteiger partial charge on any atom is -0.493 e. The van der Waals surface area contributed by atoms with Crippen LogP contribution in [-0.4, -0.2) is 24.2 Å². The van der Waals surface area contributed by atoms with Crippen LogP contribution in [0.2, 0.25) is 0 Å². The van der Waals surface area contributed by atoms with E-state index in [2.05, 4.69) is 0 Å². The van der Waals surface area contributed by atoms with Gasteiger partial charge in [-0.15, -0.1) is 0 Å². The number of methoxy groups -OCH3 is 1. The van der Waals surface area contributed by atoms with Gasteiger partial charge in [0.05, 0.1) is 19.1 Å². The molecule has 0 saturated heterocycles. The van der Waals surface area contributed by atoms with Crippen molar-refractivity contribution in [2.45, 2.75) is 12.5 Å². The van der Waals surface area contributed by atoms with E-state index in [1.54, 1.807) is 42.5 Å². The lowest BCUT2D eigenvalue weighted by Crippen LogP contribution is -2.15. The van der Waals surface area contributed by atoms with Crippen LogP contribution in [0.3, 0.4) is 0 Å². The predicted molar refractivity (Wildman–Crippen MR) is 83.6 cm³/mol. The first-order chi connectivity index (χ1) is 11.0. The van der Waals surface area contributed by atoms with Crippen LogP contribution in [-0.2, 0) is 4.79 Å². The fourth-order valence-electron chi connectivity index (χ4n) is 2.04. The van der Waals surface area contributed by atoms with Crippen LogP contribution in [0.25, 0.3) is 0 Å². The quantitative estimate of drug-likeness (QED) is 0.627. The molecule has 2 aromatic rings. The summed E-state index contributed by atoms with van der Waals surface area (Å²) in [7, 11) is 1.43. The molecule has 0 aliphatic rings. The maximum Gasteiger partial charge on any atom is 0.343 e. The van der Waals surface area contributed by atoms with E-state index < -0.39 is 18.0 Å². The molecule has 23 heavy (non-hydrogen) atoms. The molecular formula is C17H17NO5. The molecule has 0 spiro atoms. The number of hydrogen-bond acceptors (Lipinski definition) is 5. The Balaban J connectivity index is 2.20. The third-order valence-electron chi connectivity index (χ3n) is 3.22. The monoisotopic (exact) mass is 315 g/mol. The first-order valence-corrected chi connectivity index (χ1v) is 6.94. The van der Waals surface area contributed by atoms with Crippen LogP contribution in [0.4, 0.5) is 0 Å². The molecule has 3 N–H and O–H groups in total. The Bertz CT molecular complexity index is 699. The number of hydrogen-bond donors (Lipinski definition) is 2. The number of rotatable bonds is 6. The van der Waals surface area contributed by atoms with Gasteiger partial charge in [-0.3, -0.25) is 4.79 Å². The number of carboxylic acid groups (broad SMARTS) is 1. The normalized spacial score (nSPS) is 11.6. The van der Waals surface area contributed by atoms with Gasteiger partial charge in [-0.2, -0.15) is 0 Å². The van der Waals surface area contributed by atoms with E-state index in [0.717, 1.165) is 0 Å². The summed E-state index contributed by atoms with van der Waals surface area (Å²) < 4.78 is 10.5. The Morgan fingerprint density at radius 2 is 1.83 bits per heavy atom. The van der Waals surface area contributed by atoms with Gasteiger partial charge in [-0.1, -0.05) is 24.3 Å². The average molecular weight is 315 g/mol. The molecule has 0 aliphatic heterocycles. The number of carbonyl (C=O) groups excluding carboxylic acids is 1. The smallest absolute Gasteiger partial charge is 0.343 e. The highest BCUT2D eigenvalue weighted by molar-refractivity contribution is 5.91. The summed E-state index contributed by atoms with van der Waals surface area (Å²) >= 11 is 0. The molecule has 1 atom stereocenters. The third-order valence-corrected chi connectivity index (χ3v) is 3.22. The molecule has 0 fully saturated rings. The largest absolute Gasteiger partial charge is 0.493 e. The van der Waals surface area contributed by atoms with Crippen molar-refractivity contribution in [3.63, 3.8) is 0 Å². The first-order valence-electron chi connectivity index (χ1n) is 6.94. The molecule has 2 aromatic carbocycles.